The van der Waals surface area contributed by atoms with Gasteiger partial charge in [-0.1, -0.05) is 17.7 Å². The third kappa shape index (κ3) is 3.99. The van der Waals surface area contributed by atoms with Crippen molar-refractivity contribution in [3.63, 3.8) is 0 Å². The Morgan fingerprint density at radius 2 is 1.77 bits per heavy atom. The van der Waals surface area contributed by atoms with Gasteiger partial charge in [-0.3, -0.25) is 9.10 Å². The topological polar surface area (TPSA) is 75.5 Å². The molecule has 0 radical (unpaired) electrons. The van der Waals surface area contributed by atoms with E-state index in [0.717, 1.165) is 31.5 Å². The predicted molar refractivity (Wildman–Crippen MR) is 123 cm³/mol. The first kappa shape index (κ1) is 21.6. The lowest BCUT2D eigenvalue weighted by molar-refractivity contribution is 0.0796. The second-order valence-corrected chi connectivity index (χ2v) is 10.9. The van der Waals surface area contributed by atoms with Gasteiger partial charge in [-0.25, -0.2) is 13.4 Å². The summed E-state index contributed by atoms with van der Waals surface area (Å²) >= 11 is 1.32. The second kappa shape index (κ2) is 8.12. The Hall–Kier alpha value is -2.65. The molecule has 1 aromatic carbocycles. The Bertz CT molecular complexity index is 1220. The molecule has 4 rings (SSSR count). The summed E-state index contributed by atoms with van der Waals surface area (Å²) in [6.45, 7) is 5.35. The second-order valence-electron chi connectivity index (χ2n) is 7.91. The number of hydrogen-bond acceptors (Lipinski definition) is 5. The lowest BCUT2D eigenvalue weighted by Gasteiger charge is -2.18. The zero-order chi connectivity index (χ0) is 22.3. The Labute approximate surface area is 187 Å². The molecule has 1 aliphatic rings. The SMILES string of the molecule is Cc1ccc(N(C)S(=O)(=O)c2cc(-c3nc(C)c(C(=O)N4CCCC4)s3)n(C)c2)cc1. The van der Waals surface area contributed by atoms with Crippen molar-refractivity contribution in [1.29, 1.82) is 0 Å². The van der Waals surface area contributed by atoms with Gasteiger partial charge in [-0.15, -0.1) is 11.3 Å². The summed E-state index contributed by atoms with van der Waals surface area (Å²) in [6, 6.07) is 8.97. The van der Waals surface area contributed by atoms with Crippen molar-refractivity contribution in [2.24, 2.45) is 7.05 Å². The van der Waals surface area contributed by atoms with Gasteiger partial charge in [0.15, 0.2) is 0 Å². The van der Waals surface area contributed by atoms with Gasteiger partial charge in [0.1, 0.15) is 14.8 Å². The molecule has 3 heterocycles. The van der Waals surface area contributed by atoms with Gasteiger partial charge in [-0.2, -0.15) is 0 Å². The standard InChI is InChI=1S/C22H26N4O3S2/c1-15-7-9-17(10-8-15)25(4)31(28,29)18-13-19(24(3)14-18)21-23-16(2)20(30-21)22(27)26-11-5-6-12-26/h7-10,13-14H,5-6,11-12H2,1-4H3. The Balaban J connectivity index is 1.65. The Morgan fingerprint density at radius 1 is 1.13 bits per heavy atom. The molecular formula is C22H26N4O3S2. The van der Waals surface area contributed by atoms with Crippen LogP contribution in [0.15, 0.2) is 41.4 Å². The van der Waals surface area contributed by atoms with Crippen molar-refractivity contribution in [3.05, 3.63) is 52.7 Å². The van der Waals surface area contributed by atoms with Gasteiger partial charge in [0.25, 0.3) is 15.9 Å². The zero-order valence-electron chi connectivity index (χ0n) is 18.1. The number of aromatic nitrogens is 2. The van der Waals surface area contributed by atoms with Crippen LogP contribution in [-0.2, 0) is 17.1 Å². The van der Waals surface area contributed by atoms with Crippen molar-refractivity contribution < 1.29 is 13.2 Å². The number of nitrogens with zero attached hydrogens (tertiary/aromatic N) is 4. The molecule has 1 fully saturated rings. The number of amides is 1. The number of anilines is 1. The first-order chi connectivity index (χ1) is 14.7. The number of aryl methyl sites for hydroxylation is 3. The van der Waals surface area contributed by atoms with Crippen LogP contribution in [0.4, 0.5) is 5.69 Å². The number of carbonyl (C=O) groups excluding carboxylic acids is 1. The van der Waals surface area contributed by atoms with E-state index in [2.05, 4.69) is 4.98 Å². The molecule has 164 valence electrons. The molecule has 3 aromatic rings. The Morgan fingerprint density at radius 3 is 2.42 bits per heavy atom. The number of likely N-dealkylation sites (tertiary alicyclic amines) is 1. The quantitative estimate of drug-likeness (QED) is 0.582. The third-order valence-corrected chi connectivity index (χ3v) is 8.56. The summed E-state index contributed by atoms with van der Waals surface area (Å²) in [4.78, 5) is 20.1. The molecule has 0 unspecified atom stereocenters. The molecule has 0 atom stereocenters. The lowest BCUT2D eigenvalue weighted by Crippen LogP contribution is -2.27. The van der Waals surface area contributed by atoms with Crippen LogP contribution in [0.1, 0.15) is 33.8 Å². The van der Waals surface area contributed by atoms with Crippen LogP contribution in [0, 0.1) is 13.8 Å². The highest BCUT2D eigenvalue weighted by atomic mass is 32.2. The van der Waals surface area contributed by atoms with Gasteiger partial charge < -0.3 is 9.47 Å². The first-order valence-corrected chi connectivity index (χ1v) is 12.4. The highest BCUT2D eigenvalue weighted by Crippen LogP contribution is 2.33. The van der Waals surface area contributed by atoms with Crippen LogP contribution in [0.5, 0.6) is 0 Å². The van der Waals surface area contributed by atoms with Gasteiger partial charge in [0, 0.05) is 33.4 Å². The number of hydrogen-bond donors (Lipinski definition) is 0. The molecule has 0 bridgehead atoms. The van der Waals surface area contributed by atoms with Crippen LogP contribution >= 0.6 is 11.3 Å². The third-order valence-electron chi connectivity index (χ3n) is 5.64. The van der Waals surface area contributed by atoms with Gasteiger partial charge in [0.05, 0.1) is 17.1 Å². The summed E-state index contributed by atoms with van der Waals surface area (Å²) in [5, 5.41) is 0.641. The van der Waals surface area contributed by atoms with Crippen molar-refractivity contribution in [1.82, 2.24) is 14.5 Å². The molecule has 1 amide bonds. The highest BCUT2D eigenvalue weighted by Gasteiger charge is 2.27. The van der Waals surface area contributed by atoms with E-state index in [1.54, 1.807) is 43.1 Å². The van der Waals surface area contributed by atoms with E-state index in [0.29, 0.717) is 27.0 Å². The smallest absolute Gasteiger partial charge is 0.265 e. The monoisotopic (exact) mass is 458 g/mol. The first-order valence-electron chi connectivity index (χ1n) is 10.2. The van der Waals surface area contributed by atoms with Gasteiger partial charge in [0.2, 0.25) is 0 Å². The fourth-order valence-electron chi connectivity index (χ4n) is 3.71. The predicted octanol–water partition coefficient (Wildman–Crippen LogP) is 3.83. The maximum absolute atomic E-state index is 13.2. The normalized spacial score (nSPS) is 14.3. The summed E-state index contributed by atoms with van der Waals surface area (Å²) in [7, 11) is -0.394. The van der Waals surface area contributed by atoms with Crippen molar-refractivity contribution in [3.8, 4) is 10.7 Å². The fourth-order valence-corrected chi connectivity index (χ4v) is 6.07. The number of thiazole rings is 1. The number of rotatable bonds is 5. The summed E-state index contributed by atoms with van der Waals surface area (Å²) in [5.74, 6) is 0.0138. The van der Waals surface area contributed by atoms with Crippen LogP contribution in [0.25, 0.3) is 10.7 Å². The highest BCUT2D eigenvalue weighted by molar-refractivity contribution is 7.92. The van der Waals surface area contributed by atoms with Crippen molar-refractivity contribution >= 4 is 33.0 Å². The van der Waals surface area contributed by atoms with E-state index in [4.69, 9.17) is 0 Å². The maximum atomic E-state index is 13.2. The lowest BCUT2D eigenvalue weighted by atomic mass is 10.2. The van der Waals surface area contributed by atoms with E-state index in [1.807, 2.05) is 30.9 Å². The van der Waals surface area contributed by atoms with Gasteiger partial charge >= 0.3 is 0 Å². The molecule has 0 saturated carbocycles. The minimum atomic E-state index is -3.73. The number of carbonyl (C=O) groups is 1. The number of sulfonamides is 1. The average molecular weight is 459 g/mol. The van der Waals surface area contributed by atoms with E-state index < -0.39 is 10.0 Å². The minimum Gasteiger partial charge on any atom is -0.347 e. The number of benzene rings is 1. The summed E-state index contributed by atoms with van der Waals surface area (Å²) < 4.78 is 29.4. The van der Waals surface area contributed by atoms with Crippen molar-refractivity contribution in [2.45, 2.75) is 31.6 Å². The maximum Gasteiger partial charge on any atom is 0.265 e. The van der Waals surface area contributed by atoms with Crippen molar-refractivity contribution in [2.75, 3.05) is 24.4 Å². The molecule has 0 N–H and O–H groups in total. The van der Waals surface area contributed by atoms with Crippen LogP contribution < -0.4 is 4.31 Å². The summed E-state index contributed by atoms with van der Waals surface area (Å²) in [6.07, 6.45) is 3.65. The van der Waals surface area contributed by atoms with Gasteiger partial charge in [-0.05, 0) is 44.9 Å². The average Bonchev–Trinajstić information content (AvgIpc) is 3.47. The molecule has 31 heavy (non-hydrogen) atoms. The van der Waals surface area contributed by atoms with E-state index in [1.165, 1.54) is 15.6 Å². The van der Waals surface area contributed by atoms with E-state index in [-0.39, 0.29) is 10.8 Å². The molecule has 1 aliphatic heterocycles. The molecule has 9 heteroatoms. The molecular weight excluding hydrogens is 432 g/mol. The fraction of sp³-hybridized carbons (Fsp3) is 0.364. The zero-order valence-corrected chi connectivity index (χ0v) is 19.8. The molecule has 7 nitrogen and oxygen atoms in total. The largest absolute Gasteiger partial charge is 0.347 e. The molecule has 1 saturated heterocycles. The molecule has 0 spiro atoms. The van der Waals surface area contributed by atoms with E-state index in [9.17, 15) is 13.2 Å². The van der Waals surface area contributed by atoms with Crippen LogP contribution in [-0.4, -0.2) is 48.9 Å². The van der Waals surface area contributed by atoms with Crippen LogP contribution in [0.2, 0.25) is 0 Å². The minimum absolute atomic E-state index is 0.0138. The summed E-state index contributed by atoms with van der Waals surface area (Å²) in [5.41, 5.74) is 3.01. The molecule has 0 aliphatic carbocycles. The van der Waals surface area contributed by atoms with Crippen LogP contribution in [0.3, 0.4) is 0 Å². The molecule has 2 aromatic heterocycles. The Kier molecular flexibility index (Phi) is 5.65. The van der Waals surface area contributed by atoms with E-state index >= 15 is 0 Å².